The molecule has 0 amide bonds. The van der Waals surface area contributed by atoms with E-state index in [2.05, 4.69) is 30.9 Å². The molecule has 1 aromatic heterocycles. The molecule has 0 atom stereocenters. The zero-order chi connectivity index (χ0) is 18.3. The number of rotatable bonds is 9. The third kappa shape index (κ3) is 7.21. The van der Waals surface area contributed by atoms with Gasteiger partial charge in [0.2, 0.25) is 0 Å². The summed E-state index contributed by atoms with van der Waals surface area (Å²) in [7, 11) is 0. The Morgan fingerprint density at radius 3 is 1.73 bits per heavy atom. The molecule has 0 aliphatic rings. The standard InChI is InChI=1S/C13H19AsN6O5.Na/c21-7-5-15-11-18-12(16-6-8-22)20-13(19-11)17-10-3-1-9(2-4-10)14(23,24)25;/h1-4,21-22H,5-8H2,(H2,23,24,25)(H3,15,16,17,18,19,20);/q;+1. The first-order chi connectivity index (χ1) is 11.9. The van der Waals surface area contributed by atoms with Crippen molar-refractivity contribution in [1.82, 2.24) is 15.0 Å². The summed E-state index contributed by atoms with van der Waals surface area (Å²) in [6, 6.07) is 5.67. The maximum Gasteiger partial charge on any atom is 1.00 e. The minimum atomic E-state index is -4.92. The van der Waals surface area contributed by atoms with Crippen LogP contribution >= 0.6 is 0 Å². The Balaban J connectivity index is 0.00000338. The van der Waals surface area contributed by atoms with E-state index in [4.69, 9.17) is 18.4 Å². The van der Waals surface area contributed by atoms with Crippen LogP contribution in [0.4, 0.5) is 23.5 Å². The normalized spacial score (nSPS) is 10.8. The number of aliphatic hydroxyl groups excluding tert-OH is 2. The van der Waals surface area contributed by atoms with Crippen LogP contribution in [0.1, 0.15) is 0 Å². The van der Waals surface area contributed by atoms with Crippen molar-refractivity contribution in [2.24, 2.45) is 0 Å². The molecule has 1 aromatic carbocycles. The predicted molar refractivity (Wildman–Crippen MR) is 91.2 cm³/mol. The molecular weight excluding hydrogens is 418 g/mol. The average Bonchev–Trinajstić information content (AvgIpc) is 2.58. The Hall–Kier alpha value is -1.17. The molecule has 0 fully saturated rings. The zero-order valence-corrected chi connectivity index (χ0v) is 18.0. The van der Waals surface area contributed by atoms with Gasteiger partial charge in [0.05, 0.1) is 0 Å². The minimum Gasteiger partial charge on any atom is 1.00 e. The van der Waals surface area contributed by atoms with E-state index < -0.39 is 14.2 Å². The summed E-state index contributed by atoms with van der Waals surface area (Å²) in [6.45, 7) is 0.308. The van der Waals surface area contributed by atoms with Crippen molar-refractivity contribution < 1.29 is 51.7 Å². The Labute approximate surface area is 174 Å². The van der Waals surface area contributed by atoms with Gasteiger partial charge in [0, 0.05) is 0 Å². The number of anilines is 4. The molecule has 26 heavy (non-hydrogen) atoms. The molecule has 0 saturated carbocycles. The van der Waals surface area contributed by atoms with E-state index >= 15 is 0 Å². The Bertz CT molecular complexity index is 718. The van der Waals surface area contributed by atoms with Crippen LogP contribution < -0.4 is 49.9 Å². The van der Waals surface area contributed by atoms with Gasteiger partial charge in [0.15, 0.2) is 0 Å². The summed E-state index contributed by atoms with van der Waals surface area (Å²) < 4.78 is 29.5. The number of nitrogens with zero attached hydrogens (tertiary/aromatic N) is 3. The third-order valence-electron chi connectivity index (χ3n) is 2.89. The van der Waals surface area contributed by atoms with E-state index in [0.29, 0.717) is 5.69 Å². The first-order valence-electron chi connectivity index (χ1n) is 7.31. The summed E-state index contributed by atoms with van der Waals surface area (Å²) in [4.78, 5) is 12.4. The van der Waals surface area contributed by atoms with E-state index in [1.54, 1.807) is 0 Å². The van der Waals surface area contributed by atoms with Gasteiger partial charge in [-0.05, 0) is 0 Å². The molecule has 0 spiro atoms. The molecular formula is C13H19AsN6NaO5+. The van der Waals surface area contributed by atoms with E-state index in [9.17, 15) is 3.74 Å². The number of benzene rings is 1. The first-order valence-corrected chi connectivity index (χ1v) is 10.7. The van der Waals surface area contributed by atoms with Gasteiger partial charge >= 0.3 is 175 Å². The van der Waals surface area contributed by atoms with Gasteiger partial charge in [-0.15, -0.1) is 0 Å². The summed E-state index contributed by atoms with van der Waals surface area (Å²) in [6.07, 6.45) is 0. The van der Waals surface area contributed by atoms with Crippen molar-refractivity contribution in [2.45, 2.75) is 0 Å². The molecule has 0 radical (unpaired) electrons. The number of nitrogens with one attached hydrogen (secondary N) is 3. The van der Waals surface area contributed by atoms with Gasteiger partial charge in [-0.25, -0.2) is 0 Å². The molecule has 0 aliphatic heterocycles. The van der Waals surface area contributed by atoms with Gasteiger partial charge in [0.1, 0.15) is 0 Å². The second-order valence-electron chi connectivity index (χ2n) is 4.82. The van der Waals surface area contributed by atoms with Crippen LogP contribution in [0.3, 0.4) is 0 Å². The molecule has 136 valence electrons. The van der Waals surface area contributed by atoms with Gasteiger partial charge in [-0.1, -0.05) is 0 Å². The summed E-state index contributed by atoms with van der Waals surface area (Å²) in [5.41, 5.74) is 0.528. The number of aliphatic hydroxyl groups is 2. The van der Waals surface area contributed by atoms with Crippen LogP contribution in [0.5, 0.6) is 0 Å². The molecule has 0 unspecified atom stereocenters. The molecule has 2 aromatic rings. The summed E-state index contributed by atoms with van der Waals surface area (Å²) in [5, 5.41) is 26.3. The quantitative estimate of drug-likeness (QED) is 0.187. The van der Waals surface area contributed by atoms with Crippen LogP contribution in [0.15, 0.2) is 24.3 Å². The van der Waals surface area contributed by atoms with Crippen molar-refractivity contribution in [1.29, 1.82) is 0 Å². The topological polar surface area (TPSA) is 173 Å². The second kappa shape index (κ2) is 10.9. The fourth-order valence-corrected chi connectivity index (χ4v) is 2.92. The van der Waals surface area contributed by atoms with Crippen LogP contribution in [-0.2, 0) is 3.74 Å². The van der Waals surface area contributed by atoms with Gasteiger partial charge < -0.3 is 0 Å². The number of aromatic nitrogens is 3. The maximum atomic E-state index is 11.2. The fraction of sp³-hybridized carbons (Fsp3) is 0.308. The smallest absolute Gasteiger partial charge is 1.00 e. The first kappa shape index (κ1) is 22.9. The van der Waals surface area contributed by atoms with Crippen molar-refractivity contribution in [2.75, 3.05) is 42.3 Å². The van der Waals surface area contributed by atoms with E-state index in [1.165, 1.54) is 24.3 Å². The molecule has 0 saturated heterocycles. The monoisotopic (exact) mass is 437 g/mol. The average molecular weight is 437 g/mol. The molecule has 0 aliphatic carbocycles. The van der Waals surface area contributed by atoms with Gasteiger partial charge in [-0.2, -0.15) is 0 Å². The van der Waals surface area contributed by atoms with Crippen LogP contribution in [0, 0.1) is 0 Å². The second-order valence-corrected chi connectivity index (χ2v) is 8.19. The Morgan fingerprint density at radius 2 is 1.31 bits per heavy atom. The van der Waals surface area contributed by atoms with Gasteiger partial charge in [-0.3, -0.25) is 0 Å². The molecule has 2 rings (SSSR count). The van der Waals surface area contributed by atoms with E-state index in [-0.39, 0.29) is 78.1 Å². The van der Waals surface area contributed by atoms with E-state index in [0.717, 1.165) is 0 Å². The van der Waals surface area contributed by atoms with E-state index in [1.807, 2.05) is 0 Å². The Morgan fingerprint density at radius 1 is 0.846 bits per heavy atom. The van der Waals surface area contributed by atoms with Crippen LogP contribution in [-0.4, -0.2) is 73.8 Å². The van der Waals surface area contributed by atoms with Crippen LogP contribution in [0.2, 0.25) is 0 Å². The maximum absolute atomic E-state index is 11.2. The fourth-order valence-electron chi connectivity index (χ4n) is 1.79. The summed E-state index contributed by atoms with van der Waals surface area (Å²) in [5.74, 6) is 0.634. The largest absolute Gasteiger partial charge is 1.00 e. The molecule has 13 heteroatoms. The van der Waals surface area contributed by atoms with Crippen LogP contribution in [0.25, 0.3) is 0 Å². The van der Waals surface area contributed by atoms with Crippen molar-refractivity contribution in [3.05, 3.63) is 24.3 Å². The SMILES string of the molecule is O=[As](O)(O)c1ccc(Nc2nc(NCCO)nc(NCCO)n2)cc1.[Na+]. The van der Waals surface area contributed by atoms with Gasteiger partial charge in [0.25, 0.3) is 0 Å². The molecule has 11 nitrogen and oxygen atoms in total. The number of hydrogen-bond acceptors (Lipinski definition) is 9. The summed E-state index contributed by atoms with van der Waals surface area (Å²) >= 11 is -4.92. The van der Waals surface area contributed by atoms with Crippen molar-refractivity contribution in [3.8, 4) is 0 Å². The molecule has 1 heterocycles. The zero-order valence-electron chi connectivity index (χ0n) is 14.1. The minimum absolute atomic E-state index is 0. The molecule has 0 bridgehead atoms. The predicted octanol–water partition coefficient (Wildman–Crippen LogP) is -5.01. The molecule has 7 N–H and O–H groups in total. The van der Waals surface area contributed by atoms with Crippen molar-refractivity contribution in [3.63, 3.8) is 0 Å². The third-order valence-corrected chi connectivity index (χ3v) is 4.92. The number of hydrogen-bond donors (Lipinski definition) is 7. The Kier molecular flexibility index (Phi) is 9.54. The van der Waals surface area contributed by atoms with Crippen molar-refractivity contribution >= 4 is 42.1 Å².